The predicted molar refractivity (Wildman–Crippen MR) is 210 cm³/mol. The van der Waals surface area contributed by atoms with Gasteiger partial charge in [0.1, 0.15) is 5.82 Å². The van der Waals surface area contributed by atoms with Crippen molar-refractivity contribution in [3.8, 4) is 11.5 Å². The van der Waals surface area contributed by atoms with Crippen LogP contribution in [0, 0.1) is 0 Å². The largest absolute Gasteiger partial charge is 0.312 e. The molecule has 0 bridgehead atoms. The van der Waals surface area contributed by atoms with Gasteiger partial charge in [0.25, 0.3) is 0 Å². The number of rotatable bonds is 9. The van der Waals surface area contributed by atoms with E-state index in [1.165, 1.54) is 32.6 Å². The summed E-state index contributed by atoms with van der Waals surface area (Å²) in [4.78, 5) is 7.45. The van der Waals surface area contributed by atoms with Gasteiger partial charge in [0, 0.05) is 45.5 Å². The summed E-state index contributed by atoms with van der Waals surface area (Å²) in [5.74, 6) is 0.864. The van der Waals surface area contributed by atoms with Crippen molar-refractivity contribution < 1.29 is 0 Å². The Bertz CT molecular complexity index is 2610. The highest BCUT2D eigenvalue weighted by Crippen LogP contribution is 2.39. The Morgan fingerprint density at radius 3 is 1.78 bits per heavy atom. The van der Waals surface area contributed by atoms with Gasteiger partial charge >= 0.3 is 0 Å². The van der Waals surface area contributed by atoms with Crippen molar-refractivity contribution in [3.63, 3.8) is 0 Å². The average molecular weight is 663 g/mol. The van der Waals surface area contributed by atoms with Crippen LogP contribution in [0.2, 0.25) is 0 Å². The van der Waals surface area contributed by atoms with Crippen molar-refractivity contribution >= 4 is 43.6 Å². The lowest BCUT2D eigenvalue weighted by atomic mass is 10.1. The third-order valence-corrected chi connectivity index (χ3v) is 10.0. The number of aromatic nitrogens is 3. The number of hydrogen-bond donors (Lipinski definition) is 2. The third-order valence-electron chi connectivity index (χ3n) is 10.0. The first-order valence-corrected chi connectivity index (χ1v) is 17.4. The fourth-order valence-corrected chi connectivity index (χ4v) is 7.59. The first-order valence-electron chi connectivity index (χ1n) is 17.4. The van der Waals surface area contributed by atoms with Crippen LogP contribution in [0.3, 0.4) is 0 Å². The Morgan fingerprint density at radius 2 is 1.14 bits per heavy atom. The molecule has 0 aliphatic rings. The van der Waals surface area contributed by atoms with E-state index >= 15 is 0 Å². The first-order chi connectivity index (χ1) is 25.1. The second-order valence-corrected chi connectivity index (χ2v) is 13.2. The number of fused-ring (bicyclic) bond motifs is 6. The van der Waals surface area contributed by atoms with Crippen molar-refractivity contribution in [1.29, 1.82) is 0 Å². The zero-order valence-corrected chi connectivity index (χ0v) is 28.4. The van der Waals surface area contributed by atoms with Crippen LogP contribution in [0.5, 0.6) is 0 Å². The van der Waals surface area contributed by atoms with Gasteiger partial charge in [-0.25, -0.2) is 4.98 Å². The molecule has 0 aliphatic heterocycles. The van der Waals surface area contributed by atoms with Gasteiger partial charge in [-0.15, -0.1) is 0 Å². The Kier molecular flexibility index (Phi) is 7.90. The van der Waals surface area contributed by atoms with Crippen LogP contribution >= 0.6 is 0 Å². The molecule has 2 unspecified atom stereocenters. The lowest BCUT2D eigenvalue weighted by Crippen LogP contribution is -2.40. The van der Waals surface area contributed by atoms with E-state index in [4.69, 9.17) is 10.7 Å². The van der Waals surface area contributed by atoms with E-state index < -0.39 is 0 Å². The maximum atomic E-state index is 6.76. The molecule has 2 atom stereocenters. The molecule has 0 fully saturated rings. The average Bonchev–Trinajstić information content (AvgIpc) is 3.69. The molecule has 3 heterocycles. The standard InChI is InChI=1S/C45H38N6/c1-49(30-31-15-5-2-6-16-31)45(48-44(46)32-17-7-3-8-18-32)33-25-26-43(47-29-33)51-40-24-14-12-22-36(40)38-27-37-35-21-11-13-23-39(35)50(41(37)28-42(38)51)34-19-9-4-10-20-34/h2-29,44-45,48H,30,46H2,1H3. The Labute approximate surface area is 297 Å². The van der Waals surface area contributed by atoms with Crippen molar-refractivity contribution in [1.82, 2.24) is 24.3 Å². The molecule has 248 valence electrons. The smallest absolute Gasteiger partial charge is 0.137 e. The molecule has 0 amide bonds. The predicted octanol–water partition coefficient (Wildman–Crippen LogP) is 9.65. The first kappa shape index (κ1) is 31.0. The highest BCUT2D eigenvalue weighted by Gasteiger charge is 2.23. The molecular weight excluding hydrogens is 625 g/mol. The van der Waals surface area contributed by atoms with Crippen molar-refractivity contribution in [2.24, 2.45) is 5.73 Å². The molecule has 0 spiro atoms. The summed E-state index contributed by atoms with van der Waals surface area (Å²) >= 11 is 0. The van der Waals surface area contributed by atoms with Crippen LogP contribution < -0.4 is 11.1 Å². The summed E-state index contributed by atoms with van der Waals surface area (Å²) < 4.78 is 4.67. The van der Waals surface area contributed by atoms with Crippen LogP contribution in [-0.2, 0) is 6.54 Å². The molecule has 3 aromatic heterocycles. The van der Waals surface area contributed by atoms with E-state index in [0.717, 1.165) is 45.7 Å². The normalized spacial score (nSPS) is 13.1. The zero-order valence-electron chi connectivity index (χ0n) is 28.4. The topological polar surface area (TPSA) is 64.0 Å². The summed E-state index contributed by atoms with van der Waals surface area (Å²) in [6, 6.07) is 57.6. The highest BCUT2D eigenvalue weighted by molar-refractivity contribution is 6.19. The lowest BCUT2D eigenvalue weighted by molar-refractivity contribution is 0.181. The maximum Gasteiger partial charge on any atom is 0.137 e. The fourth-order valence-electron chi connectivity index (χ4n) is 7.59. The van der Waals surface area contributed by atoms with Crippen molar-refractivity contribution in [2.75, 3.05) is 7.05 Å². The van der Waals surface area contributed by atoms with E-state index in [-0.39, 0.29) is 12.3 Å². The molecule has 51 heavy (non-hydrogen) atoms. The molecule has 0 saturated carbocycles. The van der Waals surface area contributed by atoms with Gasteiger partial charge in [0.05, 0.1) is 34.4 Å². The van der Waals surface area contributed by atoms with Gasteiger partial charge < -0.3 is 10.3 Å². The zero-order chi connectivity index (χ0) is 34.3. The van der Waals surface area contributed by atoms with Gasteiger partial charge in [-0.05, 0) is 60.6 Å². The number of nitrogens with zero attached hydrogens (tertiary/aromatic N) is 4. The van der Waals surface area contributed by atoms with Crippen LogP contribution in [0.1, 0.15) is 29.0 Å². The van der Waals surface area contributed by atoms with Gasteiger partial charge in [0.2, 0.25) is 0 Å². The van der Waals surface area contributed by atoms with Gasteiger partial charge in [-0.3, -0.25) is 14.8 Å². The monoisotopic (exact) mass is 662 g/mol. The number of nitrogens with two attached hydrogens (primary N) is 1. The van der Waals surface area contributed by atoms with Crippen LogP contribution in [0.4, 0.5) is 0 Å². The molecular formula is C45H38N6. The maximum absolute atomic E-state index is 6.76. The molecule has 6 nitrogen and oxygen atoms in total. The number of nitrogens with one attached hydrogen (secondary N) is 1. The quantitative estimate of drug-likeness (QED) is 0.151. The highest BCUT2D eigenvalue weighted by atomic mass is 15.3. The summed E-state index contributed by atoms with van der Waals surface area (Å²) in [6.45, 7) is 0.750. The van der Waals surface area contributed by atoms with Gasteiger partial charge in [0.15, 0.2) is 0 Å². The molecule has 9 aromatic rings. The third kappa shape index (κ3) is 5.56. The minimum absolute atomic E-state index is 0.179. The van der Waals surface area contributed by atoms with E-state index in [1.54, 1.807) is 0 Å². The van der Waals surface area contributed by atoms with E-state index in [1.807, 2.05) is 30.5 Å². The van der Waals surface area contributed by atoms with Crippen LogP contribution in [-0.4, -0.2) is 26.1 Å². The Hall–Kier alpha value is -6.05. The second kappa shape index (κ2) is 13.0. The van der Waals surface area contributed by atoms with Crippen LogP contribution in [0.25, 0.3) is 55.1 Å². The molecule has 0 aliphatic carbocycles. The molecule has 0 radical (unpaired) electrons. The van der Waals surface area contributed by atoms with E-state index in [9.17, 15) is 0 Å². The van der Waals surface area contributed by atoms with Gasteiger partial charge in [-0.2, -0.15) is 0 Å². The molecule has 3 N–H and O–H groups in total. The molecule has 6 aromatic carbocycles. The van der Waals surface area contributed by atoms with Gasteiger partial charge in [-0.1, -0.05) is 121 Å². The molecule has 6 heteroatoms. The summed E-state index contributed by atoms with van der Waals surface area (Å²) in [5.41, 5.74) is 15.8. The van der Waals surface area contributed by atoms with E-state index in [0.29, 0.717) is 0 Å². The second-order valence-electron chi connectivity index (χ2n) is 13.2. The SMILES string of the molecule is CN(Cc1ccccc1)C(NC(N)c1ccccc1)c1ccc(-n2c3ccccc3c3cc4c5ccccc5n(-c5ccccc5)c4cc32)nc1. The molecule has 0 saturated heterocycles. The number of benzene rings is 6. The van der Waals surface area contributed by atoms with Crippen molar-refractivity contribution in [3.05, 3.63) is 187 Å². The van der Waals surface area contributed by atoms with Crippen LogP contribution in [0.15, 0.2) is 170 Å². The Balaban J connectivity index is 1.18. The number of para-hydroxylation sites is 3. The molecule has 9 rings (SSSR count). The Morgan fingerprint density at radius 1 is 0.569 bits per heavy atom. The van der Waals surface area contributed by atoms with E-state index in [2.05, 4.69) is 166 Å². The fraction of sp³-hybridized carbons (Fsp3) is 0.0889. The number of hydrogen-bond acceptors (Lipinski definition) is 4. The summed E-state index contributed by atoms with van der Waals surface area (Å²) in [7, 11) is 2.13. The minimum atomic E-state index is -0.356. The lowest BCUT2D eigenvalue weighted by Gasteiger charge is -2.32. The minimum Gasteiger partial charge on any atom is -0.312 e. The summed E-state index contributed by atoms with van der Waals surface area (Å²) in [6.07, 6.45) is 1.46. The van der Waals surface area contributed by atoms with Crippen molar-refractivity contribution in [2.45, 2.75) is 18.9 Å². The number of pyridine rings is 1. The summed E-state index contributed by atoms with van der Waals surface area (Å²) in [5, 5.41) is 8.57.